The van der Waals surface area contributed by atoms with E-state index in [2.05, 4.69) is 13.5 Å². The number of rotatable bonds is 8. The minimum absolute atomic E-state index is 0.0157. The van der Waals surface area contributed by atoms with E-state index in [4.69, 9.17) is 4.74 Å². The van der Waals surface area contributed by atoms with Gasteiger partial charge in [0.25, 0.3) is 0 Å². The van der Waals surface area contributed by atoms with E-state index in [1.54, 1.807) is 24.3 Å². The fraction of sp³-hybridized carbons (Fsp3) is 0.524. The number of carbonyl (C=O) groups is 2. The van der Waals surface area contributed by atoms with Gasteiger partial charge in [-0.1, -0.05) is 39.2 Å². The minimum Gasteiger partial charge on any atom is -0.426 e. The zero-order valence-corrected chi connectivity index (χ0v) is 14.6. The molecule has 24 heavy (non-hydrogen) atoms. The first-order chi connectivity index (χ1) is 11.6. The van der Waals surface area contributed by atoms with Crippen molar-refractivity contribution in [2.75, 3.05) is 0 Å². The lowest BCUT2D eigenvalue weighted by atomic mass is 9.80. The number of allylic oxidation sites excluding steroid dienone is 1. The third-order valence-corrected chi connectivity index (χ3v) is 4.94. The van der Waals surface area contributed by atoms with Crippen molar-refractivity contribution < 1.29 is 14.3 Å². The molecule has 0 amide bonds. The van der Waals surface area contributed by atoms with Gasteiger partial charge in [0, 0.05) is 5.56 Å². The van der Waals surface area contributed by atoms with Crippen molar-refractivity contribution >= 4 is 11.8 Å². The van der Waals surface area contributed by atoms with Gasteiger partial charge in [-0.05, 0) is 61.9 Å². The van der Waals surface area contributed by atoms with Crippen LogP contribution in [0.1, 0.15) is 68.6 Å². The molecule has 1 saturated carbocycles. The van der Waals surface area contributed by atoms with Crippen molar-refractivity contribution in [3.05, 3.63) is 42.5 Å². The Morgan fingerprint density at radius 2 is 1.79 bits per heavy atom. The molecule has 0 saturated heterocycles. The summed E-state index contributed by atoms with van der Waals surface area (Å²) in [5.41, 5.74) is 0.553. The molecule has 1 aliphatic rings. The predicted molar refractivity (Wildman–Crippen MR) is 96.2 cm³/mol. The summed E-state index contributed by atoms with van der Waals surface area (Å²) in [5, 5.41) is 0. The third-order valence-electron chi connectivity index (χ3n) is 4.94. The van der Waals surface area contributed by atoms with Crippen LogP contribution in [0.15, 0.2) is 36.9 Å². The zero-order valence-electron chi connectivity index (χ0n) is 14.6. The number of ketones is 1. The molecule has 3 heteroatoms. The maximum atomic E-state index is 12.3. The van der Waals surface area contributed by atoms with Gasteiger partial charge in [-0.25, -0.2) is 0 Å². The van der Waals surface area contributed by atoms with Crippen LogP contribution in [0.5, 0.6) is 5.75 Å². The molecule has 3 nitrogen and oxygen atoms in total. The molecule has 0 bridgehead atoms. The first kappa shape index (κ1) is 18.4. The van der Waals surface area contributed by atoms with E-state index >= 15 is 0 Å². The number of esters is 1. The van der Waals surface area contributed by atoms with Crippen molar-refractivity contribution in [3.8, 4) is 5.75 Å². The van der Waals surface area contributed by atoms with Gasteiger partial charge >= 0.3 is 5.97 Å². The normalized spacial score (nSPS) is 20.4. The maximum Gasteiger partial charge on any atom is 0.314 e. The topological polar surface area (TPSA) is 43.4 Å². The second-order valence-corrected chi connectivity index (χ2v) is 6.73. The van der Waals surface area contributed by atoms with Crippen LogP contribution in [0, 0.1) is 11.8 Å². The number of unbranched alkanes of at least 4 members (excludes halogenated alkanes) is 2. The van der Waals surface area contributed by atoms with Gasteiger partial charge in [0.05, 0.1) is 5.92 Å². The molecule has 2 rings (SSSR count). The Labute approximate surface area is 145 Å². The summed E-state index contributed by atoms with van der Waals surface area (Å²) < 4.78 is 5.48. The lowest BCUT2D eigenvalue weighted by Crippen LogP contribution is -2.25. The van der Waals surface area contributed by atoms with Gasteiger partial charge in [0.2, 0.25) is 0 Å². The summed E-state index contributed by atoms with van der Waals surface area (Å²) in [4.78, 5) is 23.8. The summed E-state index contributed by atoms with van der Waals surface area (Å²) in [7, 11) is 0. The van der Waals surface area contributed by atoms with E-state index in [0.717, 1.165) is 31.6 Å². The molecule has 0 spiro atoms. The Bertz CT molecular complexity index is 551. The van der Waals surface area contributed by atoms with Crippen LogP contribution in [0.4, 0.5) is 0 Å². The predicted octanol–water partition coefficient (Wildman–Crippen LogP) is 5.35. The average molecular weight is 328 g/mol. The third kappa shape index (κ3) is 5.33. The van der Waals surface area contributed by atoms with Gasteiger partial charge in [-0.2, -0.15) is 0 Å². The van der Waals surface area contributed by atoms with Crippen molar-refractivity contribution in [2.45, 2.75) is 58.3 Å². The van der Waals surface area contributed by atoms with E-state index in [-0.39, 0.29) is 17.7 Å². The smallest absolute Gasteiger partial charge is 0.314 e. The Kier molecular flexibility index (Phi) is 7.23. The Balaban J connectivity index is 1.79. The van der Waals surface area contributed by atoms with Gasteiger partial charge < -0.3 is 4.74 Å². The largest absolute Gasteiger partial charge is 0.426 e. The van der Waals surface area contributed by atoms with Gasteiger partial charge in [-0.15, -0.1) is 0 Å². The molecule has 1 aromatic rings. The second kappa shape index (κ2) is 9.41. The first-order valence-electron chi connectivity index (χ1n) is 9.12. The van der Waals surface area contributed by atoms with Crippen molar-refractivity contribution in [1.82, 2.24) is 0 Å². The summed E-state index contributed by atoms with van der Waals surface area (Å²) in [6.07, 6.45) is 10.6. The van der Waals surface area contributed by atoms with E-state index < -0.39 is 0 Å². The number of carbonyl (C=O) groups excluding carboxylic acids is 2. The average Bonchev–Trinajstić information content (AvgIpc) is 2.62. The molecule has 0 atom stereocenters. The Morgan fingerprint density at radius 3 is 2.38 bits per heavy atom. The molecule has 1 aromatic carbocycles. The van der Waals surface area contributed by atoms with Gasteiger partial charge in [-0.3, -0.25) is 9.59 Å². The van der Waals surface area contributed by atoms with Crippen molar-refractivity contribution in [3.63, 3.8) is 0 Å². The lowest BCUT2D eigenvalue weighted by Gasteiger charge is -2.27. The Morgan fingerprint density at radius 1 is 1.12 bits per heavy atom. The lowest BCUT2D eigenvalue weighted by molar-refractivity contribution is -0.140. The highest BCUT2D eigenvalue weighted by Crippen LogP contribution is 2.33. The SMILES string of the molecule is C=CC(=O)c1ccc(OC(=O)C2CCC(CCCCC)CC2)cc1. The van der Waals surface area contributed by atoms with Crippen LogP contribution in [-0.2, 0) is 4.79 Å². The fourth-order valence-corrected chi connectivity index (χ4v) is 3.37. The maximum absolute atomic E-state index is 12.3. The van der Waals surface area contributed by atoms with Crippen molar-refractivity contribution in [2.24, 2.45) is 11.8 Å². The monoisotopic (exact) mass is 328 g/mol. The van der Waals surface area contributed by atoms with Gasteiger partial charge in [0.1, 0.15) is 5.75 Å². The fourth-order valence-electron chi connectivity index (χ4n) is 3.37. The minimum atomic E-state index is -0.134. The van der Waals surface area contributed by atoms with E-state index in [9.17, 15) is 9.59 Å². The first-order valence-corrected chi connectivity index (χ1v) is 9.12. The number of hydrogen-bond donors (Lipinski definition) is 0. The molecular formula is C21H28O3. The standard InChI is InChI=1S/C21H28O3/c1-3-5-6-7-16-8-10-18(11-9-16)21(23)24-19-14-12-17(13-15-19)20(22)4-2/h4,12-16,18H,2-3,5-11H2,1H3. The highest BCUT2D eigenvalue weighted by molar-refractivity contribution is 6.04. The molecule has 1 fully saturated rings. The highest BCUT2D eigenvalue weighted by atomic mass is 16.5. The molecule has 130 valence electrons. The van der Waals surface area contributed by atoms with Crippen LogP contribution in [-0.4, -0.2) is 11.8 Å². The molecule has 1 aliphatic carbocycles. The van der Waals surface area contributed by atoms with Crippen LogP contribution in [0.25, 0.3) is 0 Å². The highest BCUT2D eigenvalue weighted by Gasteiger charge is 2.27. The Hall–Kier alpha value is -1.90. The molecule has 0 heterocycles. The van der Waals surface area contributed by atoms with E-state index in [1.165, 1.54) is 31.8 Å². The second-order valence-electron chi connectivity index (χ2n) is 6.73. The molecular weight excluding hydrogens is 300 g/mol. The number of hydrogen-bond acceptors (Lipinski definition) is 3. The quantitative estimate of drug-likeness (QED) is 0.212. The van der Waals surface area contributed by atoms with Crippen LogP contribution >= 0.6 is 0 Å². The van der Waals surface area contributed by atoms with Crippen LogP contribution in [0.2, 0.25) is 0 Å². The molecule has 0 unspecified atom stereocenters. The summed E-state index contributed by atoms with van der Waals surface area (Å²) >= 11 is 0. The van der Waals surface area contributed by atoms with E-state index in [0.29, 0.717) is 11.3 Å². The molecule has 0 radical (unpaired) electrons. The summed E-state index contributed by atoms with van der Waals surface area (Å²) in [6.45, 7) is 5.69. The molecule has 0 N–H and O–H groups in total. The zero-order chi connectivity index (χ0) is 17.4. The molecule has 0 aliphatic heterocycles. The number of ether oxygens (including phenoxy) is 1. The van der Waals surface area contributed by atoms with Gasteiger partial charge in [0.15, 0.2) is 5.78 Å². The van der Waals surface area contributed by atoms with E-state index in [1.807, 2.05) is 0 Å². The van der Waals surface area contributed by atoms with Crippen LogP contribution in [0.3, 0.4) is 0 Å². The molecule has 0 aromatic heterocycles. The number of benzene rings is 1. The van der Waals surface area contributed by atoms with Crippen LogP contribution < -0.4 is 4.74 Å². The summed E-state index contributed by atoms with van der Waals surface area (Å²) in [6, 6.07) is 6.67. The van der Waals surface area contributed by atoms with Crippen molar-refractivity contribution in [1.29, 1.82) is 0 Å². The summed E-state index contributed by atoms with van der Waals surface area (Å²) in [5.74, 6) is 1.04.